The highest BCUT2D eigenvalue weighted by Crippen LogP contribution is 2.25. The van der Waals surface area contributed by atoms with Crippen LogP contribution in [-0.4, -0.2) is 9.13 Å². The summed E-state index contributed by atoms with van der Waals surface area (Å²) in [6, 6.07) is 28.8. The molecular formula is C26H20N4O. The molecule has 1 aromatic heterocycles. The number of imidazole rings is 1. The molecule has 0 atom stereocenters. The van der Waals surface area contributed by atoms with Gasteiger partial charge in [-0.25, -0.2) is 4.79 Å². The van der Waals surface area contributed by atoms with Crippen LogP contribution in [0.5, 0.6) is 0 Å². The van der Waals surface area contributed by atoms with Crippen molar-refractivity contribution >= 4 is 0 Å². The van der Waals surface area contributed by atoms with Crippen LogP contribution in [0.1, 0.15) is 27.9 Å². The lowest BCUT2D eigenvalue weighted by Crippen LogP contribution is -2.26. The molecule has 0 spiro atoms. The van der Waals surface area contributed by atoms with Gasteiger partial charge in [0.15, 0.2) is 0 Å². The quantitative estimate of drug-likeness (QED) is 0.493. The van der Waals surface area contributed by atoms with E-state index in [1.807, 2.05) is 73.7 Å². The van der Waals surface area contributed by atoms with E-state index in [1.54, 1.807) is 21.3 Å². The summed E-state index contributed by atoms with van der Waals surface area (Å²) in [5.74, 6) is 0. The fraction of sp³-hybridized carbons (Fsp3) is 0.115. The maximum atomic E-state index is 13.6. The number of nitrogens with zero attached hydrogens (tertiary/aromatic N) is 4. The highest BCUT2D eigenvalue weighted by molar-refractivity contribution is 5.63. The van der Waals surface area contributed by atoms with Gasteiger partial charge < -0.3 is 0 Å². The summed E-state index contributed by atoms with van der Waals surface area (Å²) in [4.78, 5) is 13.6. The average molecular weight is 404 g/mol. The van der Waals surface area contributed by atoms with Crippen LogP contribution >= 0.6 is 0 Å². The van der Waals surface area contributed by atoms with Gasteiger partial charge in [0.1, 0.15) is 0 Å². The van der Waals surface area contributed by atoms with Crippen LogP contribution in [0.3, 0.4) is 0 Å². The van der Waals surface area contributed by atoms with Crippen LogP contribution in [0.25, 0.3) is 11.3 Å². The molecule has 4 aromatic rings. The fourth-order valence-electron chi connectivity index (χ4n) is 3.88. The Kier molecular flexibility index (Phi) is 5.51. The maximum Gasteiger partial charge on any atom is 0.329 e. The van der Waals surface area contributed by atoms with Crippen molar-refractivity contribution in [1.82, 2.24) is 9.13 Å². The van der Waals surface area contributed by atoms with E-state index in [4.69, 9.17) is 0 Å². The molecule has 0 aliphatic heterocycles. The Labute approximate surface area is 180 Å². The number of nitriles is 2. The first kappa shape index (κ1) is 19.9. The third kappa shape index (κ3) is 3.77. The van der Waals surface area contributed by atoms with E-state index in [0.717, 1.165) is 28.1 Å². The summed E-state index contributed by atoms with van der Waals surface area (Å²) in [6.07, 6.45) is 0. The van der Waals surface area contributed by atoms with Crippen LogP contribution in [-0.2, 0) is 13.1 Å². The predicted octanol–water partition coefficient (Wildman–Crippen LogP) is 4.47. The highest BCUT2D eigenvalue weighted by atomic mass is 16.1. The lowest BCUT2D eigenvalue weighted by Gasteiger charge is -2.10. The summed E-state index contributed by atoms with van der Waals surface area (Å²) >= 11 is 0. The first-order chi connectivity index (χ1) is 15.1. The van der Waals surface area contributed by atoms with Crippen LogP contribution in [0.2, 0.25) is 0 Å². The maximum absolute atomic E-state index is 13.6. The minimum absolute atomic E-state index is 0.170. The molecule has 0 fully saturated rings. The highest BCUT2D eigenvalue weighted by Gasteiger charge is 2.20. The number of aromatic nitrogens is 2. The largest absolute Gasteiger partial charge is 0.329 e. The van der Waals surface area contributed by atoms with Gasteiger partial charge in [0.2, 0.25) is 0 Å². The SMILES string of the molecule is Cc1c(-c2ccccc2)n(Cc2ccccc2C#N)c(=O)n1Cc1ccccc1C#N. The molecule has 0 radical (unpaired) electrons. The standard InChI is InChI=1S/C26H20N4O/c1-19-25(20-9-3-2-4-10-20)30(18-24-14-8-6-12-22(24)16-28)26(31)29(19)17-23-13-7-5-11-21(23)15-27/h2-14H,17-18H2,1H3. The fourth-order valence-corrected chi connectivity index (χ4v) is 3.88. The van der Waals surface area contributed by atoms with E-state index in [1.165, 1.54) is 0 Å². The Hall–Kier alpha value is -4.35. The third-order valence-electron chi connectivity index (χ3n) is 5.46. The first-order valence-electron chi connectivity index (χ1n) is 9.95. The number of hydrogen-bond donors (Lipinski definition) is 0. The molecule has 0 amide bonds. The normalized spacial score (nSPS) is 10.4. The van der Waals surface area contributed by atoms with Crippen molar-refractivity contribution in [2.75, 3.05) is 0 Å². The Bertz CT molecular complexity index is 1380. The molecule has 0 unspecified atom stereocenters. The van der Waals surface area contributed by atoms with Crippen molar-refractivity contribution in [3.8, 4) is 23.4 Å². The minimum Gasteiger partial charge on any atom is -0.292 e. The Morgan fingerprint density at radius 2 is 1.19 bits per heavy atom. The van der Waals surface area contributed by atoms with E-state index in [9.17, 15) is 15.3 Å². The second kappa shape index (κ2) is 8.57. The zero-order valence-electron chi connectivity index (χ0n) is 17.1. The summed E-state index contributed by atoms with van der Waals surface area (Å²) in [5.41, 5.74) is 5.08. The molecule has 5 heteroatoms. The molecule has 3 aromatic carbocycles. The Morgan fingerprint density at radius 1 is 0.710 bits per heavy atom. The van der Waals surface area contributed by atoms with Gasteiger partial charge in [-0.15, -0.1) is 0 Å². The topological polar surface area (TPSA) is 74.5 Å². The van der Waals surface area contributed by atoms with Gasteiger partial charge in [0.05, 0.1) is 42.0 Å². The van der Waals surface area contributed by atoms with Gasteiger partial charge in [-0.05, 0) is 30.2 Å². The average Bonchev–Trinajstić information content (AvgIpc) is 3.04. The van der Waals surface area contributed by atoms with Crippen molar-refractivity contribution in [2.45, 2.75) is 20.0 Å². The molecule has 0 aliphatic rings. The zero-order chi connectivity index (χ0) is 21.8. The molecular weight excluding hydrogens is 384 g/mol. The van der Waals surface area contributed by atoms with E-state index in [0.29, 0.717) is 24.2 Å². The van der Waals surface area contributed by atoms with Crippen molar-refractivity contribution < 1.29 is 0 Å². The van der Waals surface area contributed by atoms with Gasteiger partial charge in [-0.2, -0.15) is 10.5 Å². The third-order valence-corrected chi connectivity index (χ3v) is 5.46. The minimum atomic E-state index is -0.170. The Balaban J connectivity index is 1.90. The van der Waals surface area contributed by atoms with E-state index in [2.05, 4.69) is 12.1 Å². The van der Waals surface area contributed by atoms with Crippen molar-refractivity contribution in [2.24, 2.45) is 0 Å². The predicted molar refractivity (Wildman–Crippen MR) is 119 cm³/mol. The number of benzene rings is 3. The van der Waals surface area contributed by atoms with Gasteiger partial charge >= 0.3 is 5.69 Å². The van der Waals surface area contributed by atoms with Crippen molar-refractivity contribution in [1.29, 1.82) is 10.5 Å². The van der Waals surface area contributed by atoms with Gasteiger partial charge in [-0.1, -0.05) is 66.7 Å². The van der Waals surface area contributed by atoms with Crippen LogP contribution in [0.15, 0.2) is 83.7 Å². The van der Waals surface area contributed by atoms with E-state index in [-0.39, 0.29) is 5.69 Å². The van der Waals surface area contributed by atoms with E-state index >= 15 is 0 Å². The van der Waals surface area contributed by atoms with Crippen molar-refractivity contribution in [3.63, 3.8) is 0 Å². The van der Waals surface area contributed by atoms with Crippen LogP contribution in [0, 0.1) is 29.6 Å². The second-order valence-corrected chi connectivity index (χ2v) is 7.29. The molecule has 1 heterocycles. The monoisotopic (exact) mass is 404 g/mol. The molecule has 0 N–H and O–H groups in total. The van der Waals surface area contributed by atoms with Gasteiger partial charge in [0.25, 0.3) is 0 Å². The molecule has 31 heavy (non-hydrogen) atoms. The first-order valence-corrected chi connectivity index (χ1v) is 9.95. The summed E-state index contributed by atoms with van der Waals surface area (Å²) < 4.78 is 3.42. The van der Waals surface area contributed by atoms with Crippen LogP contribution < -0.4 is 5.69 Å². The molecule has 4 rings (SSSR count). The molecule has 5 nitrogen and oxygen atoms in total. The molecule has 0 saturated carbocycles. The number of rotatable bonds is 5. The second-order valence-electron chi connectivity index (χ2n) is 7.29. The summed E-state index contributed by atoms with van der Waals surface area (Å²) in [7, 11) is 0. The molecule has 150 valence electrons. The van der Waals surface area contributed by atoms with Gasteiger partial charge in [-0.3, -0.25) is 9.13 Å². The Morgan fingerprint density at radius 3 is 1.74 bits per heavy atom. The van der Waals surface area contributed by atoms with E-state index < -0.39 is 0 Å². The number of hydrogen-bond acceptors (Lipinski definition) is 3. The lowest BCUT2D eigenvalue weighted by molar-refractivity contribution is 0.677. The lowest BCUT2D eigenvalue weighted by atomic mass is 10.1. The summed E-state index contributed by atoms with van der Waals surface area (Å²) in [5, 5.41) is 18.9. The zero-order valence-corrected chi connectivity index (χ0v) is 17.1. The van der Waals surface area contributed by atoms with Crippen LogP contribution in [0.4, 0.5) is 0 Å². The molecule has 0 bridgehead atoms. The smallest absolute Gasteiger partial charge is 0.292 e. The molecule has 0 saturated heterocycles. The van der Waals surface area contributed by atoms with Crippen molar-refractivity contribution in [3.05, 3.63) is 117 Å². The molecule has 0 aliphatic carbocycles. The summed E-state index contributed by atoms with van der Waals surface area (Å²) in [6.45, 7) is 2.52. The van der Waals surface area contributed by atoms with Gasteiger partial charge in [0, 0.05) is 11.3 Å².